The number of nitrogens with two attached hydrogens (primary N) is 1. The summed E-state index contributed by atoms with van der Waals surface area (Å²) in [6, 6.07) is 7.61. The Morgan fingerprint density at radius 3 is 2.68 bits per heavy atom. The van der Waals surface area contributed by atoms with Crippen molar-refractivity contribution in [2.75, 3.05) is 38.6 Å². The third-order valence-electron chi connectivity index (χ3n) is 3.76. The highest BCUT2D eigenvalue weighted by Crippen LogP contribution is 2.20. The van der Waals surface area contributed by atoms with E-state index in [-0.39, 0.29) is 0 Å². The van der Waals surface area contributed by atoms with Crippen molar-refractivity contribution in [3.8, 4) is 5.75 Å². The van der Waals surface area contributed by atoms with E-state index in [4.69, 9.17) is 15.6 Å². The van der Waals surface area contributed by atoms with Crippen LogP contribution in [0.1, 0.15) is 19.3 Å². The summed E-state index contributed by atoms with van der Waals surface area (Å²) in [4.78, 5) is 2.45. The molecule has 1 aromatic rings. The van der Waals surface area contributed by atoms with Crippen LogP contribution in [-0.4, -0.2) is 42.9 Å². The van der Waals surface area contributed by atoms with Gasteiger partial charge in [0.15, 0.2) is 0 Å². The van der Waals surface area contributed by atoms with Crippen LogP contribution in [0.2, 0.25) is 0 Å². The summed E-state index contributed by atoms with van der Waals surface area (Å²) in [7, 11) is 0. The van der Waals surface area contributed by atoms with Crippen molar-refractivity contribution < 1.29 is 9.84 Å². The number of aliphatic hydroxyl groups is 1. The van der Waals surface area contributed by atoms with Gasteiger partial charge in [-0.2, -0.15) is 0 Å². The van der Waals surface area contributed by atoms with Crippen molar-refractivity contribution in [3.63, 3.8) is 0 Å². The van der Waals surface area contributed by atoms with Gasteiger partial charge in [-0.25, -0.2) is 0 Å². The van der Waals surface area contributed by atoms with E-state index in [1.165, 1.54) is 0 Å². The molecule has 1 heterocycles. The van der Waals surface area contributed by atoms with Gasteiger partial charge in [-0.1, -0.05) is 12.1 Å². The highest BCUT2D eigenvalue weighted by atomic mass is 16.5. The Balaban J connectivity index is 1.61. The van der Waals surface area contributed by atoms with Crippen LogP contribution in [0.5, 0.6) is 5.75 Å². The molecule has 106 valence electrons. The van der Waals surface area contributed by atoms with Crippen LogP contribution in [0.15, 0.2) is 24.3 Å². The summed E-state index contributed by atoms with van der Waals surface area (Å²) in [6.45, 7) is 4.29. The fourth-order valence-corrected chi connectivity index (χ4v) is 2.47. The molecule has 2 rings (SSSR count). The van der Waals surface area contributed by atoms with Crippen LogP contribution in [0, 0.1) is 5.92 Å². The second-order valence-corrected chi connectivity index (χ2v) is 5.21. The second-order valence-electron chi connectivity index (χ2n) is 5.21. The van der Waals surface area contributed by atoms with Gasteiger partial charge in [-0.15, -0.1) is 0 Å². The van der Waals surface area contributed by atoms with Gasteiger partial charge in [0.1, 0.15) is 5.75 Å². The van der Waals surface area contributed by atoms with E-state index in [0.29, 0.717) is 24.8 Å². The average Bonchev–Trinajstić information content (AvgIpc) is 2.46. The van der Waals surface area contributed by atoms with Gasteiger partial charge in [0.05, 0.1) is 12.3 Å². The van der Waals surface area contributed by atoms with E-state index in [9.17, 15) is 0 Å². The number of nitrogen functional groups attached to an aromatic ring is 1. The lowest BCUT2D eigenvalue weighted by Gasteiger charge is -2.30. The highest BCUT2D eigenvalue weighted by Gasteiger charge is 2.17. The smallest absolute Gasteiger partial charge is 0.142 e. The third kappa shape index (κ3) is 4.40. The number of piperidine rings is 1. The first-order valence-corrected chi connectivity index (χ1v) is 7.10. The van der Waals surface area contributed by atoms with Crippen LogP contribution in [0.25, 0.3) is 0 Å². The molecule has 0 aliphatic carbocycles. The SMILES string of the molecule is Nc1ccccc1OCCCN1CCC(CO)CC1. The molecule has 1 fully saturated rings. The number of nitrogens with zero attached hydrogens (tertiary/aromatic N) is 1. The molecule has 1 aliphatic rings. The maximum Gasteiger partial charge on any atom is 0.142 e. The van der Waals surface area contributed by atoms with Crippen molar-refractivity contribution >= 4 is 5.69 Å². The first-order valence-electron chi connectivity index (χ1n) is 7.10. The van der Waals surface area contributed by atoms with Crippen LogP contribution in [0.3, 0.4) is 0 Å². The predicted molar refractivity (Wildman–Crippen MR) is 77.2 cm³/mol. The Morgan fingerprint density at radius 2 is 2.00 bits per heavy atom. The summed E-state index contributed by atoms with van der Waals surface area (Å²) in [5.74, 6) is 1.29. The number of para-hydroxylation sites is 2. The first-order chi connectivity index (χ1) is 9.29. The molecular weight excluding hydrogens is 240 g/mol. The van der Waals surface area contributed by atoms with E-state index in [0.717, 1.165) is 44.6 Å². The molecule has 3 N–H and O–H groups in total. The number of benzene rings is 1. The van der Waals surface area contributed by atoms with Gasteiger partial charge in [-0.05, 0) is 50.4 Å². The largest absolute Gasteiger partial charge is 0.491 e. The summed E-state index contributed by atoms with van der Waals surface area (Å²) in [6.07, 6.45) is 3.24. The molecule has 1 saturated heterocycles. The zero-order valence-corrected chi connectivity index (χ0v) is 11.4. The monoisotopic (exact) mass is 264 g/mol. The molecule has 0 unspecified atom stereocenters. The molecule has 1 aliphatic heterocycles. The molecule has 0 saturated carbocycles. The van der Waals surface area contributed by atoms with Crippen LogP contribution < -0.4 is 10.5 Å². The summed E-state index contributed by atoms with van der Waals surface area (Å²) >= 11 is 0. The zero-order valence-electron chi connectivity index (χ0n) is 11.4. The minimum absolute atomic E-state index is 0.338. The van der Waals surface area contributed by atoms with Gasteiger partial charge < -0.3 is 20.5 Å². The van der Waals surface area contributed by atoms with Gasteiger partial charge in [0.2, 0.25) is 0 Å². The summed E-state index contributed by atoms with van der Waals surface area (Å²) in [5.41, 5.74) is 6.52. The molecule has 19 heavy (non-hydrogen) atoms. The van der Waals surface area contributed by atoms with E-state index in [1.54, 1.807) is 0 Å². The Bertz CT molecular complexity index is 376. The van der Waals surface area contributed by atoms with Crippen LogP contribution in [0.4, 0.5) is 5.69 Å². The molecule has 4 heteroatoms. The fourth-order valence-electron chi connectivity index (χ4n) is 2.47. The minimum atomic E-state index is 0.338. The molecule has 0 spiro atoms. The molecule has 1 aromatic carbocycles. The Hall–Kier alpha value is -1.26. The predicted octanol–water partition coefficient (Wildman–Crippen LogP) is 1.74. The Morgan fingerprint density at radius 1 is 1.26 bits per heavy atom. The molecule has 0 radical (unpaired) electrons. The van der Waals surface area contributed by atoms with E-state index in [2.05, 4.69) is 4.90 Å². The summed E-state index contributed by atoms with van der Waals surface area (Å²) in [5, 5.41) is 9.09. The lowest BCUT2D eigenvalue weighted by molar-refractivity contribution is 0.126. The Kier molecular flexibility index (Phi) is 5.48. The maximum atomic E-state index is 9.09. The molecule has 0 amide bonds. The number of rotatable bonds is 6. The van der Waals surface area contributed by atoms with E-state index in [1.807, 2.05) is 24.3 Å². The number of ether oxygens (including phenoxy) is 1. The first kappa shape index (κ1) is 14.2. The average molecular weight is 264 g/mol. The van der Waals surface area contributed by atoms with E-state index < -0.39 is 0 Å². The second kappa shape index (κ2) is 7.36. The molecule has 0 bridgehead atoms. The van der Waals surface area contributed by atoms with Crippen molar-refractivity contribution in [1.29, 1.82) is 0 Å². The lowest BCUT2D eigenvalue weighted by Crippen LogP contribution is -2.35. The summed E-state index contributed by atoms with van der Waals surface area (Å²) < 4.78 is 5.68. The van der Waals surface area contributed by atoms with Crippen molar-refractivity contribution in [2.24, 2.45) is 5.92 Å². The number of likely N-dealkylation sites (tertiary alicyclic amines) is 1. The minimum Gasteiger partial charge on any atom is -0.491 e. The topological polar surface area (TPSA) is 58.7 Å². The maximum absolute atomic E-state index is 9.09. The molecule has 0 atom stereocenters. The normalized spacial score (nSPS) is 17.5. The quantitative estimate of drug-likeness (QED) is 0.607. The van der Waals surface area contributed by atoms with E-state index >= 15 is 0 Å². The fraction of sp³-hybridized carbons (Fsp3) is 0.600. The third-order valence-corrected chi connectivity index (χ3v) is 3.76. The zero-order chi connectivity index (χ0) is 13.5. The number of anilines is 1. The lowest BCUT2D eigenvalue weighted by atomic mass is 9.98. The standard InChI is InChI=1S/C15H24N2O2/c16-14-4-1-2-5-15(14)19-11-3-8-17-9-6-13(12-18)7-10-17/h1-2,4-5,13,18H,3,6-12,16H2. The van der Waals surface area contributed by atoms with Crippen LogP contribution >= 0.6 is 0 Å². The number of hydrogen-bond donors (Lipinski definition) is 2. The van der Waals surface area contributed by atoms with Crippen LogP contribution in [-0.2, 0) is 0 Å². The van der Waals surface area contributed by atoms with Gasteiger partial charge in [-0.3, -0.25) is 0 Å². The molecule has 4 nitrogen and oxygen atoms in total. The van der Waals surface area contributed by atoms with Gasteiger partial charge in [0.25, 0.3) is 0 Å². The Labute approximate surface area is 115 Å². The number of hydrogen-bond acceptors (Lipinski definition) is 4. The van der Waals surface area contributed by atoms with Gasteiger partial charge >= 0.3 is 0 Å². The molecule has 0 aromatic heterocycles. The molecular formula is C15H24N2O2. The van der Waals surface area contributed by atoms with Crippen molar-refractivity contribution in [2.45, 2.75) is 19.3 Å². The van der Waals surface area contributed by atoms with Gasteiger partial charge in [0, 0.05) is 13.2 Å². The highest BCUT2D eigenvalue weighted by molar-refractivity contribution is 5.51. The van der Waals surface area contributed by atoms with Crippen molar-refractivity contribution in [1.82, 2.24) is 4.90 Å². The van der Waals surface area contributed by atoms with Crippen molar-refractivity contribution in [3.05, 3.63) is 24.3 Å². The number of aliphatic hydroxyl groups excluding tert-OH is 1.